The lowest BCUT2D eigenvalue weighted by Gasteiger charge is -1.98. The molecule has 1 aromatic heterocycles. The van der Waals surface area contributed by atoms with Gasteiger partial charge < -0.3 is 0 Å². The summed E-state index contributed by atoms with van der Waals surface area (Å²) < 4.78 is 0. The second kappa shape index (κ2) is 4.30. The molecule has 0 radical (unpaired) electrons. The summed E-state index contributed by atoms with van der Waals surface area (Å²) in [7, 11) is 0. The molecule has 0 aliphatic carbocycles. The summed E-state index contributed by atoms with van der Waals surface area (Å²) >= 11 is 0. The lowest BCUT2D eigenvalue weighted by Crippen LogP contribution is -2.00. The predicted octanol–water partition coefficient (Wildman–Crippen LogP) is 1.85. The van der Waals surface area contributed by atoms with E-state index in [-0.39, 0.29) is 5.78 Å². The van der Waals surface area contributed by atoms with E-state index in [9.17, 15) is 4.79 Å². The number of hydrogen-bond donors (Lipinski definition) is 0. The Kier molecular flexibility index (Phi) is 3.09. The van der Waals surface area contributed by atoms with Gasteiger partial charge in [-0.25, -0.2) is 0 Å². The van der Waals surface area contributed by atoms with E-state index in [1.165, 1.54) is 19.3 Å². The first-order valence-corrected chi connectivity index (χ1v) is 3.85. The number of aliphatic imine (C=N–C) groups is 1. The van der Waals surface area contributed by atoms with Gasteiger partial charge in [-0.3, -0.25) is 14.8 Å². The zero-order chi connectivity index (χ0) is 9.68. The van der Waals surface area contributed by atoms with Crippen molar-refractivity contribution >= 4 is 12.0 Å². The molecule has 0 bridgehead atoms. The highest BCUT2D eigenvalue weighted by Crippen LogP contribution is 2.03. The fraction of sp³-hybridized carbons (Fsp3) is 0.100. The van der Waals surface area contributed by atoms with Crippen LogP contribution in [0.3, 0.4) is 0 Å². The zero-order valence-corrected chi connectivity index (χ0v) is 7.40. The van der Waals surface area contributed by atoms with Gasteiger partial charge in [0, 0.05) is 18.0 Å². The molecule has 3 heteroatoms. The van der Waals surface area contributed by atoms with E-state index < -0.39 is 0 Å². The van der Waals surface area contributed by atoms with Crippen LogP contribution in [0.2, 0.25) is 0 Å². The van der Waals surface area contributed by atoms with Crippen molar-refractivity contribution in [2.45, 2.75) is 6.92 Å². The van der Waals surface area contributed by atoms with Crippen molar-refractivity contribution in [3.05, 3.63) is 42.4 Å². The number of hydrogen-bond acceptors (Lipinski definition) is 3. The van der Waals surface area contributed by atoms with Gasteiger partial charge in [-0.15, -0.1) is 0 Å². The zero-order valence-electron chi connectivity index (χ0n) is 7.40. The molecule has 0 atom stereocenters. The van der Waals surface area contributed by atoms with Crippen LogP contribution in [-0.4, -0.2) is 17.0 Å². The van der Waals surface area contributed by atoms with Crippen LogP contribution >= 0.6 is 0 Å². The Bertz CT molecular complexity index is 356. The molecule has 0 saturated carbocycles. The van der Waals surface area contributed by atoms with Gasteiger partial charge in [0.2, 0.25) is 0 Å². The third-order valence-electron chi connectivity index (χ3n) is 1.52. The minimum absolute atomic E-state index is 0.0152. The Morgan fingerprint density at radius 3 is 3.08 bits per heavy atom. The third kappa shape index (κ3) is 2.33. The standard InChI is InChI=1S/C10H10N2O/c1-3-11-7-10-9(8(2)13)5-4-6-12-10/h3-7H,1H2,2H3/b11-7-. The lowest BCUT2D eigenvalue weighted by molar-refractivity contribution is 0.101. The first-order chi connectivity index (χ1) is 6.25. The fourth-order valence-corrected chi connectivity index (χ4v) is 0.941. The van der Waals surface area contributed by atoms with E-state index in [2.05, 4.69) is 16.6 Å². The molecule has 1 rings (SSSR count). The maximum absolute atomic E-state index is 11.1. The van der Waals surface area contributed by atoms with Crippen LogP contribution in [0, 0.1) is 0 Å². The topological polar surface area (TPSA) is 42.3 Å². The quantitative estimate of drug-likeness (QED) is 0.518. The molecule has 0 aliphatic heterocycles. The van der Waals surface area contributed by atoms with E-state index in [0.717, 1.165) is 0 Å². The van der Waals surface area contributed by atoms with E-state index in [1.54, 1.807) is 18.3 Å². The van der Waals surface area contributed by atoms with Crippen LogP contribution in [0.1, 0.15) is 23.0 Å². The van der Waals surface area contributed by atoms with E-state index >= 15 is 0 Å². The summed E-state index contributed by atoms with van der Waals surface area (Å²) in [5.41, 5.74) is 1.16. The van der Waals surface area contributed by atoms with Crippen LogP contribution < -0.4 is 0 Å². The summed E-state index contributed by atoms with van der Waals surface area (Å²) in [6.07, 6.45) is 4.54. The number of carbonyl (C=O) groups excluding carboxylic acids is 1. The molecule has 1 heterocycles. The number of rotatable bonds is 3. The molecule has 0 amide bonds. The molecule has 0 saturated heterocycles. The van der Waals surface area contributed by atoms with E-state index in [4.69, 9.17) is 0 Å². The number of Topliss-reactive ketones (excluding diaryl/α,β-unsaturated/α-hetero) is 1. The van der Waals surface area contributed by atoms with Crippen molar-refractivity contribution < 1.29 is 4.79 Å². The first-order valence-electron chi connectivity index (χ1n) is 3.85. The summed E-state index contributed by atoms with van der Waals surface area (Å²) in [6.45, 7) is 4.94. The van der Waals surface area contributed by atoms with Crippen molar-refractivity contribution in [2.24, 2.45) is 4.99 Å². The van der Waals surface area contributed by atoms with Gasteiger partial charge in [0.25, 0.3) is 0 Å². The molecule has 0 aromatic carbocycles. The van der Waals surface area contributed by atoms with Gasteiger partial charge in [0.1, 0.15) is 0 Å². The van der Waals surface area contributed by atoms with Crippen LogP contribution in [0.4, 0.5) is 0 Å². The maximum Gasteiger partial charge on any atom is 0.162 e. The number of nitrogens with zero attached hydrogens (tertiary/aromatic N) is 2. The average molecular weight is 174 g/mol. The Hall–Kier alpha value is -1.77. The van der Waals surface area contributed by atoms with Crippen molar-refractivity contribution in [2.75, 3.05) is 0 Å². The van der Waals surface area contributed by atoms with Crippen LogP contribution in [0.15, 0.2) is 36.1 Å². The highest BCUT2D eigenvalue weighted by Gasteiger charge is 2.04. The first kappa shape index (κ1) is 9.32. The predicted molar refractivity (Wildman–Crippen MR) is 52.0 cm³/mol. The summed E-state index contributed by atoms with van der Waals surface area (Å²) in [6, 6.07) is 3.45. The average Bonchev–Trinajstić information content (AvgIpc) is 2.15. The normalized spacial score (nSPS) is 10.2. The maximum atomic E-state index is 11.1. The molecule has 0 spiro atoms. The summed E-state index contributed by atoms with van der Waals surface area (Å²) in [5.74, 6) is -0.0152. The Morgan fingerprint density at radius 2 is 2.46 bits per heavy atom. The van der Waals surface area contributed by atoms with Crippen molar-refractivity contribution in [3.63, 3.8) is 0 Å². The highest BCUT2D eigenvalue weighted by atomic mass is 16.1. The smallest absolute Gasteiger partial charge is 0.162 e. The minimum Gasteiger partial charge on any atom is -0.294 e. The molecule has 3 nitrogen and oxygen atoms in total. The molecule has 13 heavy (non-hydrogen) atoms. The SMILES string of the molecule is C=C/N=C\c1ncccc1C(C)=O. The van der Waals surface area contributed by atoms with Crippen LogP contribution in [-0.2, 0) is 0 Å². The number of aromatic nitrogens is 1. The number of carbonyl (C=O) groups is 1. The van der Waals surface area contributed by atoms with Crippen LogP contribution in [0.25, 0.3) is 0 Å². The molecule has 0 unspecified atom stereocenters. The van der Waals surface area contributed by atoms with Gasteiger partial charge in [-0.05, 0) is 19.1 Å². The molecule has 1 aromatic rings. The largest absolute Gasteiger partial charge is 0.294 e. The van der Waals surface area contributed by atoms with Gasteiger partial charge in [-0.1, -0.05) is 6.58 Å². The second-order valence-corrected chi connectivity index (χ2v) is 2.45. The van der Waals surface area contributed by atoms with E-state index in [1.807, 2.05) is 0 Å². The third-order valence-corrected chi connectivity index (χ3v) is 1.52. The van der Waals surface area contributed by atoms with Gasteiger partial charge >= 0.3 is 0 Å². The Balaban J connectivity index is 3.11. The fourth-order valence-electron chi connectivity index (χ4n) is 0.941. The van der Waals surface area contributed by atoms with Gasteiger partial charge in [0.15, 0.2) is 5.78 Å². The summed E-state index contributed by atoms with van der Waals surface area (Å²) in [5, 5.41) is 0. The van der Waals surface area contributed by atoms with Crippen molar-refractivity contribution in [3.8, 4) is 0 Å². The molecule has 0 aliphatic rings. The van der Waals surface area contributed by atoms with Crippen LogP contribution in [0.5, 0.6) is 0 Å². The molecule has 0 N–H and O–H groups in total. The molecular weight excluding hydrogens is 164 g/mol. The van der Waals surface area contributed by atoms with E-state index in [0.29, 0.717) is 11.3 Å². The van der Waals surface area contributed by atoms with Gasteiger partial charge in [-0.2, -0.15) is 0 Å². The minimum atomic E-state index is -0.0152. The second-order valence-electron chi connectivity index (χ2n) is 2.45. The number of pyridine rings is 1. The lowest BCUT2D eigenvalue weighted by atomic mass is 10.1. The van der Waals surface area contributed by atoms with Gasteiger partial charge in [0.05, 0.1) is 11.9 Å². The highest BCUT2D eigenvalue weighted by molar-refractivity contribution is 6.01. The Labute approximate surface area is 76.8 Å². The molecule has 0 fully saturated rings. The molecule has 66 valence electrons. The summed E-state index contributed by atoms with van der Waals surface area (Å²) in [4.78, 5) is 18.9. The molecular formula is C10H10N2O. The Morgan fingerprint density at radius 1 is 1.69 bits per heavy atom. The number of ketones is 1. The monoisotopic (exact) mass is 174 g/mol. The van der Waals surface area contributed by atoms with Crippen molar-refractivity contribution in [1.82, 2.24) is 4.98 Å². The van der Waals surface area contributed by atoms with Crippen molar-refractivity contribution in [1.29, 1.82) is 0 Å².